The lowest BCUT2D eigenvalue weighted by atomic mass is 10.0. The molecule has 7 heteroatoms. The first-order valence-corrected chi connectivity index (χ1v) is 9.14. The van der Waals surface area contributed by atoms with Crippen molar-refractivity contribution < 1.29 is 13.6 Å². The van der Waals surface area contributed by atoms with Crippen LogP contribution in [0.3, 0.4) is 0 Å². The number of hydrogen-bond acceptors (Lipinski definition) is 5. The van der Waals surface area contributed by atoms with Crippen molar-refractivity contribution in [1.29, 1.82) is 0 Å². The molecule has 1 aromatic carbocycles. The molecule has 4 aromatic rings. The molecule has 0 aliphatic heterocycles. The molecule has 1 amide bonds. The number of fused-ring (bicyclic) bond motifs is 2. The Morgan fingerprint density at radius 1 is 1.11 bits per heavy atom. The van der Waals surface area contributed by atoms with E-state index in [-0.39, 0.29) is 12.3 Å². The van der Waals surface area contributed by atoms with Gasteiger partial charge in [-0.15, -0.1) is 0 Å². The van der Waals surface area contributed by atoms with E-state index in [0.29, 0.717) is 29.7 Å². The number of aryl methyl sites for hydroxylation is 3. The smallest absolute Gasteiger partial charge is 0.340 e. The number of nitrogens with zero attached hydrogens (tertiary/aromatic N) is 1. The zero-order valence-corrected chi connectivity index (χ0v) is 16.0. The predicted molar refractivity (Wildman–Crippen MR) is 105 cm³/mol. The number of carbonyl (C=O) groups is 1. The Morgan fingerprint density at radius 2 is 1.86 bits per heavy atom. The minimum atomic E-state index is -0.493. The Labute approximate surface area is 160 Å². The van der Waals surface area contributed by atoms with Crippen molar-refractivity contribution in [2.45, 2.75) is 33.6 Å². The molecule has 0 radical (unpaired) electrons. The van der Waals surface area contributed by atoms with E-state index in [2.05, 4.69) is 15.3 Å². The summed E-state index contributed by atoms with van der Waals surface area (Å²) < 4.78 is 11.2. The van der Waals surface area contributed by atoms with E-state index in [4.69, 9.17) is 8.83 Å². The van der Waals surface area contributed by atoms with Crippen LogP contribution in [0.2, 0.25) is 0 Å². The van der Waals surface area contributed by atoms with Gasteiger partial charge in [0.2, 0.25) is 5.91 Å². The SMILES string of the molecule is Cc1oc2cc3oc(=O)c(CC(=O)NCCc4cnc[nH]4)c(C)c3cc2c1C. The fourth-order valence-electron chi connectivity index (χ4n) is 3.41. The number of nitrogens with one attached hydrogen (secondary N) is 2. The molecule has 2 N–H and O–H groups in total. The van der Waals surface area contributed by atoms with Crippen molar-refractivity contribution >= 4 is 27.8 Å². The summed E-state index contributed by atoms with van der Waals surface area (Å²) in [6.07, 6.45) is 3.94. The molecular formula is C21H21N3O4. The average molecular weight is 379 g/mol. The first-order chi connectivity index (χ1) is 13.4. The van der Waals surface area contributed by atoms with Crippen LogP contribution in [0.5, 0.6) is 0 Å². The molecule has 0 saturated carbocycles. The van der Waals surface area contributed by atoms with Crippen molar-refractivity contribution in [2.24, 2.45) is 0 Å². The second-order valence-electron chi connectivity index (χ2n) is 6.97. The number of hydrogen-bond donors (Lipinski definition) is 2. The molecule has 0 atom stereocenters. The third-order valence-electron chi connectivity index (χ3n) is 5.19. The van der Waals surface area contributed by atoms with Gasteiger partial charge in [-0.3, -0.25) is 4.79 Å². The lowest BCUT2D eigenvalue weighted by Crippen LogP contribution is -2.29. The molecule has 144 valence electrons. The van der Waals surface area contributed by atoms with Crippen LogP contribution in [0.1, 0.15) is 28.1 Å². The molecule has 0 fully saturated rings. The number of aromatic nitrogens is 2. The fourth-order valence-corrected chi connectivity index (χ4v) is 3.41. The summed E-state index contributed by atoms with van der Waals surface area (Å²) in [5.74, 6) is 0.618. The van der Waals surface area contributed by atoms with E-state index in [1.54, 1.807) is 18.6 Å². The Morgan fingerprint density at radius 3 is 2.61 bits per heavy atom. The van der Waals surface area contributed by atoms with Gasteiger partial charge in [-0.05, 0) is 38.0 Å². The molecule has 0 bridgehead atoms. The third-order valence-corrected chi connectivity index (χ3v) is 5.19. The number of amides is 1. The van der Waals surface area contributed by atoms with Gasteiger partial charge in [0.15, 0.2) is 0 Å². The Balaban J connectivity index is 1.61. The zero-order chi connectivity index (χ0) is 19.8. The van der Waals surface area contributed by atoms with E-state index in [9.17, 15) is 9.59 Å². The number of rotatable bonds is 5. The molecule has 0 unspecified atom stereocenters. The maximum atomic E-state index is 12.5. The van der Waals surface area contributed by atoms with Gasteiger partial charge in [-0.2, -0.15) is 0 Å². The van der Waals surface area contributed by atoms with Crippen molar-refractivity contribution in [3.05, 3.63) is 63.2 Å². The van der Waals surface area contributed by atoms with Crippen LogP contribution < -0.4 is 10.9 Å². The average Bonchev–Trinajstić information content (AvgIpc) is 3.26. The predicted octanol–water partition coefficient (Wildman–Crippen LogP) is 3.09. The number of H-pyrrole nitrogens is 1. The Kier molecular flexibility index (Phi) is 4.50. The number of aromatic amines is 1. The molecule has 7 nitrogen and oxygen atoms in total. The molecule has 0 spiro atoms. The van der Waals surface area contributed by atoms with Crippen molar-refractivity contribution in [2.75, 3.05) is 6.54 Å². The molecule has 3 aromatic heterocycles. The third kappa shape index (κ3) is 3.19. The highest BCUT2D eigenvalue weighted by Crippen LogP contribution is 2.30. The summed E-state index contributed by atoms with van der Waals surface area (Å²) in [6.45, 7) is 6.21. The minimum absolute atomic E-state index is 0.0193. The fraction of sp³-hybridized carbons (Fsp3) is 0.286. The van der Waals surface area contributed by atoms with Gasteiger partial charge < -0.3 is 19.1 Å². The Bertz CT molecular complexity index is 1230. The van der Waals surface area contributed by atoms with E-state index in [0.717, 1.165) is 33.4 Å². The van der Waals surface area contributed by atoms with Gasteiger partial charge >= 0.3 is 5.63 Å². The van der Waals surface area contributed by atoms with Crippen LogP contribution in [0, 0.1) is 20.8 Å². The first kappa shape index (κ1) is 18.0. The van der Waals surface area contributed by atoms with Crippen LogP contribution in [-0.4, -0.2) is 22.4 Å². The summed E-state index contributed by atoms with van der Waals surface area (Å²) in [4.78, 5) is 31.7. The zero-order valence-electron chi connectivity index (χ0n) is 16.0. The summed E-state index contributed by atoms with van der Waals surface area (Å²) >= 11 is 0. The monoisotopic (exact) mass is 379 g/mol. The highest BCUT2D eigenvalue weighted by Gasteiger charge is 2.17. The summed E-state index contributed by atoms with van der Waals surface area (Å²) in [6, 6.07) is 3.71. The minimum Gasteiger partial charge on any atom is -0.461 e. The lowest BCUT2D eigenvalue weighted by molar-refractivity contribution is -0.120. The van der Waals surface area contributed by atoms with E-state index >= 15 is 0 Å². The highest BCUT2D eigenvalue weighted by molar-refractivity contribution is 5.97. The van der Waals surface area contributed by atoms with E-state index in [1.165, 1.54) is 0 Å². The maximum Gasteiger partial charge on any atom is 0.340 e. The molecular weight excluding hydrogens is 358 g/mol. The van der Waals surface area contributed by atoms with Gasteiger partial charge in [0.25, 0.3) is 0 Å². The van der Waals surface area contributed by atoms with E-state index < -0.39 is 5.63 Å². The van der Waals surface area contributed by atoms with Crippen LogP contribution >= 0.6 is 0 Å². The molecule has 0 saturated heterocycles. The van der Waals surface area contributed by atoms with Crippen molar-refractivity contribution in [3.63, 3.8) is 0 Å². The van der Waals surface area contributed by atoms with E-state index in [1.807, 2.05) is 26.8 Å². The quantitative estimate of drug-likeness (QED) is 0.519. The Hall–Kier alpha value is -3.35. The largest absolute Gasteiger partial charge is 0.461 e. The molecule has 28 heavy (non-hydrogen) atoms. The second-order valence-corrected chi connectivity index (χ2v) is 6.97. The van der Waals surface area contributed by atoms with Crippen LogP contribution in [0.15, 0.2) is 38.3 Å². The van der Waals surface area contributed by atoms with Gasteiger partial charge in [0.1, 0.15) is 16.9 Å². The highest BCUT2D eigenvalue weighted by atomic mass is 16.4. The van der Waals surface area contributed by atoms with Crippen LogP contribution in [-0.2, 0) is 17.6 Å². The van der Waals surface area contributed by atoms with Gasteiger partial charge in [-0.1, -0.05) is 0 Å². The standard InChI is InChI=1S/C21H21N3O4/c1-11-13(3)27-18-8-19-16(6-15(11)18)12(2)17(21(26)28-19)7-20(25)23-5-4-14-9-22-10-24-14/h6,8-10H,4-5,7H2,1-3H3,(H,22,24)(H,23,25). The normalized spacial score (nSPS) is 11.4. The number of imidazole rings is 1. The molecule has 4 rings (SSSR count). The second kappa shape index (κ2) is 6.99. The summed E-state index contributed by atoms with van der Waals surface area (Å²) in [5, 5.41) is 4.63. The first-order valence-electron chi connectivity index (χ1n) is 9.14. The maximum absolute atomic E-state index is 12.5. The van der Waals surface area contributed by atoms with Gasteiger partial charge in [-0.25, -0.2) is 9.78 Å². The lowest BCUT2D eigenvalue weighted by Gasteiger charge is -2.09. The van der Waals surface area contributed by atoms with Crippen LogP contribution in [0.4, 0.5) is 0 Å². The topological polar surface area (TPSA) is 101 Å². The molecule has 0 aliphatic rings. The van der Waals surface area contributed by atoms with Gasteiger partial charge in [0, 0.05) is 41.7 Å². The van der Waals surface area contributed by atoms with Gasteiger partial charge in [0.05, 0.1) is 18.3 Å². The number of benzene rings is 1. The number of carbonyl (C=O) groups excluding carboxylic acids is 1. The summed E-state index contributed by atoms with van der Waals surface area (Å²) in [7, 11) is 0. The summed E-state index contributed by atoms with van der Waals surface area (Å²) in [5.41, 5.74) is 3.80. The number of furan rings is 1. The van der Waals surface area contributed by atoms with Crippen molar-refractivity contribution in [1.82, 2.24) is 15.3 Å². The molecule has 0 aliphatic carbocycles. The van der Waals surface area contributed by atoms with Crippen LogP contribution in [0.25, 0.3) is 21.9 Å². The van der Waals surface area contributed by atoms with Crippen molar-refractivity contribution in [3.8, 4) is 0 Å². The molecule has 3 heterocycles.